The second-order valence-electron chi connectivity index (χ2n) is 7.24. The van der Waals surface area contributed by atoms with Crippen molar-refractivity contribution < 1.29 is 14.3 Å². The number of hydrogen-bond donors (Lipinski definition) is 3. The Hall–Kier alpha value is -1.14. The highest BCUT2D eigenvalue weighted by molar-refractivity contribution is 14.0. The van der Waals surface area contributed by atoms with E-state index in [-0.39, 0.29) is 24.0 Å². The van der Waals surface area contributed by atoms with Gasteiger partial charge >= 0.3 is 0 Å². The second kappa shape index (κ2) is 12.5. The summed E-state index contributed by atoms with van der Waals surface area (Å²) in [7, 11) is 0. The van der Waals surface area contributed by atoms with E-state index in [1.165, 1.54) is 4.88 Å². The van der Waals surface area contributed by atoms with Gasteiger partial charge in [0.25, 0.3) is 0 Å². The Kier molecular flexibility index (Phi) is 10.4. The van der Waals surface area contributed by atoms with Crippen LogP contribution in [0.3, 0.4) is 0 Å². The summed E-state index contributed by atoms with van der Waals surface area (Å²) in [6, 6.07) is 7.95. The normalized spacial score (nSPS) is 17.4. The molecule has 29 heavy (non-hydrogen) atoms. The zero-order valence-electron chi connectivity index (χ0n) is 16.8. The van der Waals surface area contributed by atoms with E-state index in [0.29, 0.717) is 32.1 Å². The lowest BCUT2D eigenvalue weighted by atomic mass is 10.1. The molecule has 0 spiro atoms. The SMILES string of the molecule is CC(O)(CNC(=NCc1cccs1)NCCc1ccco1)CN1CCOCC1.I. The number of aliphatic imine (C=N–C) groups is 1. The molecule has 1 saturated heterocycles. The molecular weight excluding hydrogens is 503 g/mol. The number of thiophene rings is 1. The van der Waals surface area contributed by atoms with Gasteiger partial charge in [-0.1, -0.05) is 6.07 Å². The Morgan fingerprint density at radius 1 is 1.28 bits per heavy atom. The molecule has 9 heteroatoms. The van der Waals surface area contributed by atoms with Gasteiger partial charge in [-0.2, -0.15) is 0 Å². The minimum absolute atomic E-state index is 0. The van der Waals surface area contributed by atoms with Crippen molar-refractivity contribution in [3.05, 3.63) is 46.5 Å². The first-order valence-corrected chi connectivity index (χ1v) is 10.6. The Bertz CT molecular complexity index is 701. The minimum atomic E-state index is -0.857. The molecule has 0 radical (unpaired) electrons. The monoisotopic (exact) mass is 534 g/mol. The average Bonchev–Trinajstić information content (AvgIpc) is 3.38. The maximum Gasteiger partial charge on any atom is 0.191 e. The number of furan rings is 1. The van der Waals surface area contributed by atoms with Gasteiger partial charge in [0.2, 0.25) is 0 Å². The van der Waals surface area contributed by atoms with Crippen molar-refractivity contribution in [3.63, 3.8) is 0 Å². The molecular formula is C20H31IN4O3S. The zero-order valence-corrected chi connectivity index (χ0v) is 19.9. The van der Waals surface area contributed by atoms with Gasteiger partial charge in [0.1, 0.15) is 5.76 Å². The van der Waals surface area contributed by atoms with Gasteiger partial charge in [-0.25, -0.2) is 4.99 Å². The van der Waals surface area contributed by atoms with Crippen LogP contribution < -0.4 is 10.6 Å². The molecule has 3 heterocycles. The van der Waals surface area contributed by atoms with Gasteiger partial charge in [0.15, 0.2) is 5.96 Å². The fourth-order valence-electron chi connectivity index (χ4n) is 3.06. The van der Waals surface area contributed by atoms with Crippen molar-refractivity contribution in [2.75, 3.05) is 45.9 Å². The van der Waals surface area contributed by atoms with Crippen LogP contribution in [-0.2, 0) is 17.7 Å². The average molecular weight is 534 g/mol. The maximum absolute atomic E-state index is 10.8. The molecule has 1 aliphatic heterocycles. The molecule has 1 aliphatic rings. The van der Waals surface area contributed by atoms with Gasteiger partial charge in [0.05, 0.1) is 31.6 Å². The van der Waals surface area contributed by atoms with Gasteiger partial charge in [-0.3, -0.25) is 4.90 Å². The number of halogens is 1. The van der Waals surface area contributed by atoms with Crippen LogP contribution in [0.4, 0.5) is 0 Å². The summed E-state index contributed by atoms with van der Waals surface area (Å²) in [5.74, 6) is 1.63. The van der Waals surface area contributed by atoms with E-state index in [9.17, 15) is 5.11 Å². The first-order chi connectivity index (χ1) is 13.6. The highest BCUT2D eigenvalue weighted by Crippen LogP contribution is 2.10. The minimum Gasteiger partial charge on any atom is -0.469 e. The summed E-state index contributed by atoms with van der Waals surface area (Å²) < 4.78 is 10.8. The first-order valence-electron chi connectivity index (χ1n) is 9.70. The third kappa shape index (κ3) is 9.04. The van der Waals surface area contributed by atoms with Crippen molar-refractivity contribution in [3.8, 4) is 0 Å². The summed E-state index contributed by atoms with van der Waals surface area (Å²) in [4.78, 5) is 8.10. The molecule has 2 aromatic heterocycles. The lowest BCUT2D eigenvalue weighted by molar-refractivity contribution is -0.0201. The van der Waals surface area contributed by atoms with Gasteiger partial charge < -0.3 is 24.9 Å². The van der Waals surface area contributed by atoms with Crippen molar-refractivity contribution in [2.45, 2.75) is 25.5 Å². The highest BCUT2D eigenvalue weighted by Gasteiger charge is 2.25. The number of guanidine groups is 1. The molecule has 1 atom stereocenters. The van der Waals surface area contributed by atoms with E-state index in [4.69, 9.17) is 9.15 Å². The highest BCUT2D eigenvalue weighted by atomic mass is 127. The lowest BCUT2D eigenvalue weighted by Gasteiger charge is -2.34. The van der Waals surface area contributed by atoms with Crippen molar-refractivity contribution >= 4 is 41.3 Å². The molecule has 3 rings (SSSR count). The number of hydrogen-bond acceptors (Lipinski definition) is 6. The molecule has 0 bridgehead atoms. The summed E-state index contributed by atoms with van der Waals surface area (Å²) in [5.41, 5.74) is -0.857. The summed E-state index contributed by atoms with van der Waals surface area (Å²) >= 11 is 1.69. The van der Waals surface area contributed by atoms with E-state index in [1.807, 2.05) is 25.1 Å². The lowest BCUT2D eigenvalue weighted by Crippen LogP contribution is -2.53. The molecule has 2 aromatic rings. The van der Waals surface area contributed by atoms with Crippen LogP contribution in [0.15, 0.2) is 45.3 Å². The molecule has 3 N–H and O–H groups in total. The number of morpholine rings is 1. The number of β-amino-alcohol motifs (C(OH)–C–C–N with tert-alkyl or cyclic N) is 1. The summed E-state index contributed by atoms with van der Waals surface area (Å²) in [6.07, 6.45) is 2.46. The van der Waals surface area contributed by atoms with Crippen molar-refractivity contribution in [1.29, 1.82) is 0 Å². The van der Waals surface area contributed by atoms with Gasteiger partial charge in [-0.05, 0) is 30.5 Å². The number of rotatable bonds is 9. The summed E-state index contributed by atoms with van der Waals surface area (Å²) in [5, 5.41) is 19.5. The smallest absolute Gasteiger partial charge is 0.191 e. The third-order valence-corrected chi connectivity index (χ3v) is 5.38. The Balaban J connectivity index is 0.00000300. The molecule has 0 saturated carbocycles. The first kappa shape index (κ1) is 24.1. The fourth-order valence-corrected chi connectivity index (χ4v) is 3.69. The number of nitrogens with one attached hydrogen (secondary N) is 2. The van der Waals surface area contributed by atoms with Crippen molar-refractivity contribution in [1.82, 2.24) is 15.5 Å². The van der Waals surface area contributed by atoms with Crippen LogP contribution in [0.25, 0.3) is 0 Å². The number of aliphatic hydroxyl groups is 1. The number of nitrogens with zero attached hydrogens (tertiary/aromatic N) is 2. The van der Waals surface area contributed by atoms with E-state index in [2.05, 4.69) is 32.0 Å². The van der Waals surface area contributed by atoms with Crippen LogP contribution in [0.5, 0.6) is 0 Å². The van der Waals surface area contributed by atoms with Crippen LogP contribution in [0.1, 0.15) is 17.6 Å². The topological polar surface area (TPSA) is 82.3 Å². The zero-order chi connectivity index (χ0) is 19.7. The molecule has 1 unspecified atom stereocenters. The largest absolute Gasteiger partial charge is 0.469 e. The van der Waals surface area contributed by atoms with Crippen LogP contribution >= 0.6 is 35.3 Å². The standard InChI is InChI=1S/C20H30N4O3S.HI/c1-20(25,16-24-8-11-26-12-9-24)15-23-19(22-14-18-5-3-13-28-18)21-7-6-17-4-2-10-27-17;/h2-5,10,13,25H,6-9,11-12,14-16H2,1H3,(H2,21,22,23);1H. The fraction of sp³-hybridized carbons (Fsp3) is 0.550. The second-order valence-corrected chi connectivity index (χ2v) is 8.27. The Labute approximate surface area is 193 Å². The van der Waals surface area contributed by atoms with Crippen LogP contribution in [0, 0.1) is 0 Å². The summed E-state index contributed by atoms with van der Waals surface area (Å²) in [6.45, 7) is 7.36. The van der Waals surface area contributed by atoms with E-state index in [1.54, 1.807) is 17.6 Å². The molecule has 7 nitrogen and oxygen atoms in total. The van der Waals surface area contributed by atoms with Gasteiger partial charge in [-0.15, -0.1) is 35.3 Å². The van der Waals surface area contributed by atoms with Gasteiger partial charge in [0, 0.05) is 44.0 Å². The van der Waals surface area contributed by atoms with E-state index >= 15 is 0 Å². The maximum atomic E-state index is 10.8. The van der Waals surface area contributed by atoms with Crippen LogP contribution in [-0.4, -0.2) is 67.5 Å². The Morgan fingerprint density at radius 2 is 2.10 bits per heavy atom. The quantitative estimate of drug-likeness (QED) is 0.260. The van der Waals surface area contributed by atoms with Crippen LogP contribution in [0.2, 0.25) is 0 Å². The molecule has 1 fully saturated rings. The molecule has 0 aromatic carbocycles. The number of ether oxygens (including phenoxy) is 1. The molecule has 0 amide bonds. The predicted octanol–water partition coefficient (Wildman–Crippen LogP) is 2.32. The van der Waals surface area contributed by atoms with E-state index < -0.39 is 5.60 Å². The van der Waals surface area contributed by atoms with E-state index in [0.717, 1.165) is 38.5 Å². The predicted molar refractivity (Wildman–Crippen MR) is 127 cm³/mol. The molecule has 0 aliphatic carbocycles. The third-order valence-electron chi connectivity index (χ3n) is 4.52. The molecule has 162 valence electrons. The van der Waals surface area contributed by atoms with Crippen molar-refractivity contribution in [2.24, 2.45) is 4.99 Å². The Morgan fingerprint density at radius 3 is 2.79 bits per heavy atom.